The van der Waals surface area contributed by atoms with Crippen molar-refractivity contribution in [1.29, 1.82) is 0 Å². The average molecular weight is 239 g/mol. The van der Waals surface area contributed by atoms with Crippen molar-refractivity contribution in [2.24, 2.45) is 0 Å². The number of anilines is 1. The Morgan fingerprint density at radius 3 is 2.47 bits per heavy atom. The van der Waals surface area contributed by atoms with E-state index in [2.05, 4.69) is 5.32 Å². The highest BCUT2D eigenvalue weighted by atomic mass is 19.1. The van der Waals surface area contributed by atoms with Gasteiger partial charge in [0.1, 0.15) is 11.4 Å². The summed E-state index contributed by atoms with van der Waals surface area (Å²) in [7, 11) is 0. The first-order valence-electron chi connectivity index (χ1n) is 5.73. The van der Waals surface area contributed by atoms with Crippen LogP contribution < -0.4 is 5.32 Å². The first-order valence-corrected chi connectivity index (χ1v) is 5.73. The van der Waals surface area contributed by atoms with Gasteiger partial charge in [-0.15, -0.1) is 0 Å². The molecular formula is C13H18FNO2. The molecule has 0 amide bonds. The largest absolute Gasteiger partial charge is 0.480 e. The molecule has 0 fully saturated rings. The van der Waals surface area contributed by atoms with Gasteiger partial charge < -0.3 is 10.4 Å². The van der Waals surface area contributed by atoms with Crippen LogP contribution >= 0.6 is 0 Å². The smallest absolute Gasteiger partial charge is 0.329 e. The van der Waals surface area contributed by atoms with E-state index in [-0.39, 0.29) is 5.82 Å². The van der Waals surface area contributed by atoms with E-state index in [9.17, 15) is 14.3 Å². The molecule has 0 aliphatic rings. The Bertz CT molecular complexity index is 414. The molecule has 0 atom stereocenters. The van der Waals surface area contributed by atoms with Crippen LogP contribution in [0, 0.1) is 12.7 Å². The van der Waals surface area contributed by atoms with Crippen LogP contribution in [0.5, 0.6) is 0 Å². The second-order valence-corrected chi connectivity index (χ2v) is 4.13. The fourth-order valence-electron chi connectivity index (χ4n) is 1.78. The minimum absolute atomic E-state index is 0.332. The van der Waals surface area contributed by atoms with Crippen molar-refractivity contribution in [2.75, 3.05) is 5.32 Å². The van der Waals surface area contributed by atoms with E-state index in [1.807, 2.05) is 0 Å². The summed E-state index contributed by atoms with van der Waals surface area (Å²) in [6.07, 6.45) is 0.879. The van der Waals surface area contributed by atoms with Gasteiger partial charge in [0.25, 0.3) is 0 Å². The van der Waals surface area contributed by atoms with Gasteiger partial charge in [0.05, 0.1) is 0 Å². The number of hydrogen-bond donors (Lipinski definition) is 2. The van der Waals surface area contributed by atoms with Crippen LogP contribution in [0.3, 0.4) is 0 Å². The quantitative estimate of drug-likeness (QED) is 0.829. The molecule has 17 heavy (non-hydrogen) atoms. The molecule has 0 saturated carbocycles. The van der Waals surface area contributed by atoms with E-state index in [0.29, 0.717) is 24.1 Å². The molecule has 4 heteroatoms. The summed E-state index contributed by atoms with van der Waals surface area (Å²) in [5.74, 6) is -1.24. The van der Waals surface area contributed by atoms with Crippen molar-refractivity contribution < 1.29 is 14.3 Å². The molecule has 1 rings (SSSR count). The summed E-state index contributed by atoms with van der Waals surface area (Å²) in [5, 5.41) is 12.2. The molecule has 0 unspecified atom stereocenters. The predicted octanol–water partition coefficient (Wildman–Crippen LogP) is 3.19. The van der Waals surface area contributed by atoms with Gasteiger partial charge >= 0.3 is 5.97 Å². The topological polar surface area (TPSA) is 49.3 Å². The third-order valence-corrected chi connectivity index (χ3v) is 3.26. The van der Waals surface area contributed by atoms with Gasteiger partial charge in [-0.2, -0.15) is 0 Å². The summed E-state index contributed by atoms with van der Waals surface area (Å²) in [6.45, 7) is 5.24. The van der Waals surface area contributed by atoms with Crippen molar-refractivity contribution in [3.8, 4) is 0 Å². The zero-order valence-corrected chi connectivity index (χ0v) is 10.4. The van der Waals surface area contributed by atoms with E-state index in [1.165, 1.54) is 6.07 Å². The lowest BCUT2D eigenvalue weighted by atomic mass is 9.92. The Morgan fingerprint density at radius 2 is 2.00 bits per heavy atom. The van der Waals surface area contributed by atoms with Crippen LogP contribution in [-0.4, -0.2) is 16.6 Å². The fraction of sp³-hybridized carbons (Fsp3) is 0.462. The standard InChI is InChI=1S/C13H18FNO2/c1-4-13(5-2,12(16)17)15-11-8-6-7-10(14)9(11)3/h6-8,15H,4-5H2,1-3H3,(H,16,17). The van der Waals surface area contributed by atoms with Gasteiger partial charge in [0, 0.05) is 11.3 Å². The fourth-order valence-corrected chi connectivity index (χ4v) is 1.78. The van der Waals surface area contributed by atoms with Crippen molar-refractivity contribution in [1.82, 2.24) is 0 Å². The number of nitrogens with one attached hydrogen (secondary N) is 1. The zero-order chi connectivity index (χ0) is 13.1. The maximum atomic E-state index is 13.4. The summed E-state index contributed by atoms with van der Waals surface area (Å²) in [5.41, 5.74) is -0.0467. The van der Waals surface area contributed by atoms with Crippen LogP contribution in [0.15, 0.2) is 18.2 Å². The number of carbonyl (C=O) groups is 1. The predicted molar refractivity (Wildman–Crippen MR) is 65.7 cm³/mol. The molecule has 1 aromatic carbocycles. The molecule has 0 spiro atoms. The Balaban J connectivity index is 3.10. The van der Waals surface area contributed by atoms with Crippen LogP contribution in [0.2, 0.25) is 0 Å². The number of carboxylic acid groups (broad SMARTS) is 1. The summed E-state index contributed by atoms with van der Waals surface area (Å²) in [6, 6.07) is 4.63. The lowest BCUT2D eigenvalue weighted by Gasteiger charge is -2.30. The Kier molecular flexibility index (Phi) is 4.10. The molecule has 0 saturated heterocycles. The van der Waals surface area contributed by atoms with Gasteiger partial charge in [-0.3, -0.25) is 0 Å². The third-order valence-electron chi connectivity index (χ3n) is 3.26. The first-order chi connectivity index (χ1) is 7.96. The second-order valence-electron chi connectivity index (χ2n) is 4.13. The van der Waals surface area contributed by atoms with E-state index in [1.54, 1.807) is 32.9 Å². The van der Waals surface area contributed by atoms with Crippen molar-refractivity contribution >= 4 is 11.7 Å². The molecule has 0 aliphatic heterocycles. The SMILES string of the molecule is CCC(CC)(Nc1cccc(F)c1C)C(=O)O. The number of carboxylic acids is 1. The van der Waals surface area contributed by atoms with Crippen LogP contribution in [0.25, 0.3) is 0 Å². The molecule has 94 valence electrons. The highest BCUT2D eigenvalue weighted by molar-refractivity contribution is 5.83. The number of benzene rings is 1. The van der Waals surface area contributed by atoms with Crippen molar-refractivity contribution in [3.05, 3.63) is 29.6 Å². The van der Waals surface area contributed by atoms with Crippen molar-refractivity contribution in [3.63, 3.8) is 0 Å². The van der Waals surface area contributed by atoms with Gasteiger partial charge in [-0.05, 0) is 31.9 Å². The monoisotopic (exact) mass is 239 g/mol. The maximum Gasteiger partial charge on any atom is 0.329 e. The lowest BCUT2D eigenvalue weighted by Crippen LogP contribution is -2.45. The summed E-state index contributed by atoms with van der Waals surface area (Å²) < 4.78 is 13.4. The zero-order valence-electron chi connectivity index (χ0n) is 10.4. The summed E-state index contributed by atoms with van der Waals surface area (Å²) in [4.78, 5) is 11.3. The van der Waals surface area contributed by atoms with E-state index in [0.717, 1.165) is 0 Å². The Morgan fingerprint density at radius 1 is 1.41 bits per heavy atom. The number of hydrogen-bond acceptors (Lipinski definition) is 2. The molecule has 3 nitrogen and oxygen atoms in total. The lowest BCUT2D eigenvalue weighted by molar-refractivity contribution is -0.142. The van der Waals surface area contributed by atoms with Gasteiger partial charge in [-0.1, -0.05) is 19.9 Å². The highest BCUT2D eigenvalue weighted by Crippen LogP contribution is 2.26. The molecular weight excluding hydrogens is 221 g/mol. The molecule has 0 radical (unpaired) electrons. The minimum Gasteiger partial charge on any atom is -0.480 e. The van der Waals surface area contributed by atoms with Crippen LogP contribution in [-0.2, 0) is 4.79 Å². The van der Waals surface area contributed by atoms with Crippen LogP contribution in [0.1, 0.15) is 32.3 Å². The Hall–Kier alpha value is -1.58. The highest BCUT2D eigenvalue weighted by Gasteiger charge is 2.35. The molecule has 0 aromatic heterocycles. The molecule has 1 aromatic rings. The summed E-state index contributed by atoms with van der Waals surface area (Å²) >= 11 is 0. The van der Waals surface area contributed by atoms with Crippen LogP contribution in [0.4, 0.5) is 10.1 Å². The van der Waals surface area contributed by atoms with Gasteiger partial charge in [-0.25, -0.2) is 9.18 Å². The number of aliphatic carboxylic acids is 1. The van der Waals surface area contributed by atoms with Crippen molar-refractivity contribution in [2.45, 2.75) is 39.2 Å². The van der Waals surface area contributed by atoms with E-state index >= 15 is 0 Å². The maximum absolute atomic E-state index is 13.4. The normalized spacial score (nSPS) is 11.3. The third kappa shape index (κ3) is 2.57. The second kappa shape index (κ2) is 5.17. The van der Waals surface area contributed by atoms with Gasteiger partial charge in [0.2, 0.25) is 0 Å². The Labute approximate surface area is 101 Å². The van der Waals surface area contributed by atoms with E-state index < -0.39 is 11.5 Å². The first kappa shape index (κ1) is 13.5. The molecule has 0 bridgehead atoms. The molecule has 0 heterocycles. The molecule has 0 aliphatic carbocycles. The number of halogens is 1. The van der Waals surface area contributed by atoms with E-state index in [4.69, 9.17) is 0 Å². The molecule has 2 N–H and O–H groups in total. The average Bonchev–Trinajstić information content (AvgIpc) is 2.31. The minimum atomic E-state index is -1.03. The number of rotatable bonds is 5. The van der Waals surface area contributed by atoms with Gasteiger partial charge in [0.15, 0.2) is 0 Å².